The molecule has 1 aliphatic rings. The van der Waals surface area contributed by atoms with E-state index >= 15 is 0 Å². The summed E-state index contributed by atoms with van der Waals surface area (Å²) < 4.78 is 0. The van der Waals surface area contributed by atoms with Gasteiger partial charge in [0.1, 0.15) is 5.69 Å². The number of amides is 1. The van der Waals surface area contributed by atoms with Crippen molar-refractivity contribution >= 4 is 28.2 Å². The summed E-state index contributed by atoms with van der Waals surface area (Å²) in [6, 6.07) is 0.124. The summed E-state index contributed by atoms with van der Waals surface area (Å²) in [5, 5.41) is 4.92. The number of thiazole rings is 1. The average molecular weight is 267 g/mol. The number of carbonyl (C=O) groups is 2. The molecule has 1 heterocycles. The van der Waals surface area contributed by atoms with Crippen molar-refractivity contribution in [3.63, 3.8) is 0 Å². The fraction of sp³-hybridized carbons (Fsp3) is 0.583. The molecule has 5 nitrogen and oxygen atoms in total. The molecular weight excluding hydrogens is 250 g/mol. The van der Waals surface area contributed by atoms with Crippen molar-refractivity contribution in [1.82, 2.24) is 4.98 Å². The quantitative estimate of drug-likeness (QED) is 0.818. The van der Waals surface area contributed by atoms with Crippen LogP contribution in [0.25, 0.3) is 0 Å². The molecule has 2 unspecified atom stereocenters. The second-order valence-electron chi connectivity index (χ2n) is 4.71. The van der Waals surface area contributed by atoms with Crippen LogP contribution in [0.5, 0.6) is 0 Å². The number of ketones is 1. The maximum Gasteiger partial charge on any atom is 0.229 e. The summed E-state index contributed by atoms with van der Waals surface area (Å²) in [7, 11) is 0. The van der Waals surface area contributed by atoms with Crippen LogP contribution in [0.3, 0.4) is 0 Å². The first-order valence-corrected chi connectivity index (χ1v) is 6.97. The van der Waals surface area contributed by atoms with Crippen molar-refractivity contribution in [2.24, 2.45) is 11.7 Å². The minimum absolute atomic E-state index is 0.0292. The Morgan fingerprint density at radius 3 is 2.89 bits per heavy atom. The number of rotatable bonds is 3. The van der Waals surface area contributed by atoms with Crippen molar-refractivity contribution in [1.29, 1.82) is 0 Å². The Hall–Kier alpha value is -1.27. The molecule has 18 heavy (non-hydrogen) atoms. The highest BCUT2D eigenvalue weighted by Gasteiger charge is 2.25. The van der Waals surface area contributed by atoms with E-state index in [4.69, 9.17) is 5.73 Å². The lowest BCUT2D eigenvalue weighted by atomic mass is 9.86. The average Bonchev–Trinajstić information content (AvgIpc) is 2.77. The Balaban J connectivity index is 1.95. The normalized spacial score (nSPS) is 23.7. The van der Waals surface area contributed by atoms with Gasteiger partial charge < -0.3 is 11.1 Å². The van der Waals surface area contributed by atoms with Crippen molar-refractivity contribution in [3.05, 3.63) is 11.1 Å². The molecule has 0 radical (unpaired) electrons. The number of Topliss-reactive ketones (excluding diaryl/α,β-unsaturated/α-hetero) is 1. The fourth-order valence-electron chi connectivity index (χ4n) is 2.17. The van der Waals surface area contributed by atoms with Crippen LogP contribution in [0.2, 0.25) is 0 Å². The Labute approximate surface area is 110 Å². The van der Waals surface area contributed by atoms with Crippen molar-refractivity contribution in [3.8, 4) is 0 Å². The molecule has 98 valence electrons. The maximum atomic E-state index is 12.0. The van der Waals surface area contributed by atoms with Crippen molar-refractivity contribution in [2.45, 2.75) is 38.6 Å². The van der Waals surface area contributed by atoms with E-state index in [2.05, 4.69) is 10.3 Å². The monoisotopic (exact) mass is 267 g/mol. The largest absolute Gasteiger partial charge is 0.328 e. The van der Waals surface area contributed by atoms with Crippen LogP contribution in [-0.4, -0.2) is 22.7 Å². The number of hydrogen-bond donors (Lipinski definition) is 2. The molecular formula is C12H17N3O2S. The van der Waals surface area contributed by atoms with Gasteiger partial charge in [0, 0.05) is 24.3 Å². The molecule has 2 atom stereocenters. The van der Waals surface area contributed by atoms with Crippen LogP contribution in [-0.2, 0) is 4.79 Å². The minimum Gasteiger partial charge on any atom is -0.328 e. The molecule has 0 bridgehead atoms. The van der Waals surface area contributed by atoms with E-state index < -0.39 is 0 Å². The van der Waals surface area contributed by atoms with Gasteiger partial charge >= 0.3 is 0 Å². The lowest BCUT2D eigenvalue weighted by Gasteiger charge is -2.25. The molecule has 0 spiro atoms. The molecule has 2 rings (SSSR count). The number of nitrogens with zero attached hydrogens (tertiary/aromatic N) is 1. The maximum absolute atomic E-state index is 12.0. The smallest absolute Gasteiger partial charge is 0.229 e. The van der Waals surface area contributed by atoms with Crippen molar-refractivity contribution in [2.75, 3.05) is 5.32 Å². The SMILES string of the molecule is CC(=O)c1csc(NC(=O)C2CCCC(N)C2)n1. The number of aromatic nitrogens is 1. The van der Waals surface area contributed by atoms with Crippen LogP contribution in [0.15, 0.2) is 5.38 Å². The zero-order valence-corrected chi connectivity index (χ0v) is 11.1. The molecule has 0 saturated heterocycles. The van der Waals surface area contributed by atoms with Crippen LogP contribution >= 0.6 is 11.3 Å². The highest BCUT2D eigenvalue weighted by atomic mass is 32.1. The Bertz CT molecular complexity index is 458. The van der Waals surface area contributed by atoms with Gasteiger partial charge in [0.25, 0.3) is 0 Å². The summed E-state index contributed by atoms with van der Waals surface area (Å²) in [6.07, 6.45) is 3.60. The van der Waals surface area contributed by atoms with Gasteiger partial charge in [-0.2, -0.15) is 0 Å². The molecule has 1 fully saturated rings. The molecule has 1 saturated carbocycles. The first-order chi connectivity index (χ1) is 8.56. The van der Waals surface area contributed by atoms with Gasteiger partial charge in [-0.15, -0.1) is 11.3 Å². The van der Waals surface area contributed by atoms with Gasteiger partial charge in [-0.05, 0) is 19.3 Å². The molecule has 0 aromatic carbocycles. The molecule has 1 aromatic heterocycles. The third-order valence-electron chi connectivity index (χ3n) is 3.18. The van der Waals surface area contributed by atoms with E-state index in [1.165, 1.54) is 18.3 Å². The zero-order valence-electron chi connectivity index (χ0n) is 10.3. The second-order valence-corrected chi connectivity index (χ2v) is 5.57. The van der Waals surface area contributed by atoms with Gasteiger partial charge in [-0.1, -0.05) is 6.42 Å². The Kier molecular flexibility index (Phi) is 4.08. The Morgan fingerprint density at radius 2 is 2.28 bits per heavy atom. The predicted octanol–water partition coefficient (Wildman–Crippen LogP) is 1.80. The van der Waals surface area contributed by atoms with Gasteiger partial charge in [0.15, 0.2) is 10.9 Å². The molecule has 1 aromatic rings. The van der Waals surface area contributed by atoms with Gasteiger partial charge in [0.05, 0.1) is 0 Å². The highest BCUT2D eigenvalue weighted by Crippen LogP contribution is 2.25. The van der Waals surface area contributed by atoms with Crippen molar-refractivity contribution < 1.29 is 9.59 Å². The van der Waals surface area contributed by atoms with E-state index in [0.29, 0.717) is 10.8 Å². The van der Waals surface area contributed by atoms with Crippen LogP contribution in [0, 0.1) is 5.92 Å². The summed E-state index contributed by atoms with van der Waals surface area (Å²) in [5.41, 5.74) is 6.26. The number of anilines is 1. The first-order valence-electron chi connectivity index (χ1n) is 6.09. The number of nitrogens with one attached hydrogen (secondary N) is 1. The Morgan fingerprint density at radius 1 is 1.50 bits per heavy atom. The third kappa shape index (κ3) is 3.14. The second kappa shape index (κ2) is 5.58. The fourth-order valence-corrected chi connectivity index (χ4v) is 2.92. The van der Waals surface area contributed by atoms with E-state index in [9.17, 15) is 9.59 Å². The summed E-state index contributed by atoms with van der Waals surface area (Å²) in [5.74, 6) is -0.153. The number of nitrogens with two attached hydrogens (primary N) is 1. The van der Waals surface area contributed by atoms with Gasteiger partial charge in [-0.25, -0.2) is 4.98 Å². The first kappa shape index (κ1) is 13.2. The molecule has 1 amide bonds. The third-order valence-corrected chi connectivity index (χ3v) is 3.94. The topological polar surface area (TPSA) is 85.1 Å². The minimum atomic E-state index is -0.0913. The summed E-state index contributed by atoms with van der Waals surface area (Å²) >= 11 is 1.28. The van der Waals surface area contributed by atoms with Crippen LogP contribution < -0.4 is 11.1 Å². The summed E-state index contributed by atoms with van der Waals surface area (Å²) in [6.45, 7) is 1.46. The predicted molar refractivity (Wildman–Crippen MR) is 70.7 cm³/mol. The van der Waals surface area contributed by atoms with Crippen LogP contribution in [0.4, 0.5) is 5.13 Å². The molecule has 0 aliphatic heterocycles. The van der Waals surface area contributed by atoms with Crippen LogP contribution in [0.1, 0.15) is 43.1 Å². The summed E-state index contributed by atoms with van der Waals surface area (Å²) in [4.78, 5) is 27.2. The highest BCUT2D eigenvalue weighted by molar-refractivity contribution is 7.14. The van der Waals surface area contributed by atoms with E-state index in [1.54, 1.807) is 5.38 Å². The number of hydrogen-bond acceptors (Lipinski definition) is 5. The standard InChI is InChI=1S/C12H17N3O2S/c1-7(16)10-6-18-12(14-10)15-11(17)8-3-2-4-9(13)5-8/h6,8-9H,2-5,13H2,1H3,(H,14,15,17). The van der Waals surface area contributed by atoms with Gasteiger partial charge in [0.2, 0.25) is 5.91 Å². The van der Waals surface area contributed by atoms with E-state index in [-0.39, 0.29) is 23.7 Å². The molecule has 3 N–H and O–H groups in total. The number of carbonyl (C=O) groups excluding carboxylic acids is 2. The lowest BCUT2D eigenvalue weighted by Crippen LogP contribution is -2.34. The van der Waals surface area contributed by atoms with Gasteiger partial charge in [-0.3, -0.25) is 9.59 Å². The van der Waals surface area contributed by atoms with E-state index in [1.807, 2.05) is 0 Å². The van der Waals surface area contributed by atoms with E-state index in [0.717, 1.165) is 25.7 Å². The zero-order chi connectivity index (χ0) is 13.1. The molecule has 6 heteroatoms. The molecule has 1 aliphatic carbocycles. The lowest BCUT2D eigenvalue weighted by molar-refractivity contribution is -0.120.